The molecule has 0 aliphatic rings. The number of rotatable bonds is 4. The van der Waals surface area contributed by atoms with Crippen molar-refractivity contribution in [2.24, 2.45) is 0 Å². The van der Waals surface area contributed by atoms with Gasteiger partial charge in [0.05, 0.1) is 27.0 Å². The number of benzene rings is 2. The Kier molecular flexibility index (Phi) is 5.93. The highest BCUT2D eigenvalue weighted by molar-refractivity contribution is 9.10. The van der Waals surface area contributed by atoms with Gasteiger partial charge in [-0.3, -0.25) is 0 Å². The van der Waals surface area contributed by atoms with Crippen LogP contribution in [-0.4, -0.2) is 4.98 Å². The molecule has 2 heterocycles. The number of hydrogen-bond donors (Lipinski definition) is 1. The molecule has 0 saturated carbocycles. The lowest BCUT2D eigenvalue weighted by Gasteiger charge is -2.05. The Morgan fingerprint density at radius 1 is 1.27 bits per heavy atom. The van der Waals surface area contributed by atoms with Gasteiger partial charge in [0.25, 0.3) is 0 Å². The zero-order chi connectivity index (χ0) is 21.3. The standard InChI is InChI=1S/C21H10BrCl2N3O2S/c22-13-4-5-18-11(6-13)7-14(21(28)29-18)17-10-30-20(27-17)12(8-25)9-26-16-3-1-2-15(23)19(16)24/h1-7,9-10,26H/b12-9-. The number of anilines is 1. The average Bonchev–Trinajstić information content (AvgIpc) is 3.21. The molecule has 0 unspecified atom stereocenters. The smallest absolute Gasteiger partial charge is 0.345 e. The average molecular weight is 519 g/mol. The number of hydrogen-bond acceptors (Lipinski definition) is 6. The highest BCUT2D eigenvalue weighted by Crippen LogP contribution is 2.31. The summed E-state index contributed by atoms with van der Waals surface area (Å²) in [7, 11) is 0. The van der Waals surface area contributed by atoms with Gasteiger partial charge in [-0.1, -0.05) is 45.2 Å². The molecule has 0 amide bonds. The van der Waals surface area contributed by atoms with Crippen LogP contribution in [0.1, 0.15) is 5.01 Å². The first kappa shape index (κ1) is 20.6. The Hall–Kier alpha value is -2.63. The molecule has 0 aliphatic heterocycles. The Morgan fingerprint density at radius 3 is 2.90 bits per heavy atom. The Bertz CT molecular complexity index is 1410. The Labute approximate surface area is 193 Å². The highest BCUT2D eigenvalue weighted by Gasteiger charge is 2.14. The minimum Gasteiger partial charge on any atom is -0.422 e. The van der Waals surface area contributed by atoms with Crippen molar-refractivity contribution in [2.45, 2.75) is 0 Å². The molecule has 0 atom stereocenters. The first-order valence-electron chi connectivity index (χ1n) is 8.47. The van der Waals surface area contributed by atoms with Crippen LogP contribution in [0.25, 0.3) is 27.8 Å². The predicted molar refractivity (Wildman–Crippen MR) is 125 cm³/mol. The van der Waals surface area contributed by atoms with E-state index in [1.54, 1.807) is 41.8 Å². The summed E-state index contributed by atoms with van der Waals surface area (Å²) in [5, 5.41) is 16.2. The number of fused-ring (bicyclic) bond motifs is 1. The third-order valence-corrected chi connectivity index (χ3v) is 6.34. The van der Waals surface area contributed by atoms with Crippen molar-refractivity contribution in [1.82, 2.24) is 4.98 Å². The molecule has 1 N–H and O–H groups in total. The summed E-state index contributed by atoms with van der Waals surface area (Å²) >= 11 is 16.8. The van der Waals surface area contributed by atoms with Crippen LogP contribution in [0.4, 0.5) is 5.69 Å². The lowest BCUT2D eigenvalue weighted by Crippen LogP contribution is -2.03. The zero-order valence-electron chi connectivity index (χ0n) is 14.9. The molecule has 4 aromatic rings. The second-order valence-corrected chi connectivity index (χ2v) is 8.64. The third-order valence-electron chi connectivity index (χ3n) is 4.15. The number of nitrogens with one attached hydrogen (secondary N) is 1. The zero-order valence-corrected chi connectivity index (χ0v) is 18.9. The fourth-order valence-corrected chi connectivity index (χ4v) is 4.22. The van der Waals surface area contributed by atoms with E-state index in [0.29, 0.717) is 37.6 Å². The molecule has 2 aromatic carbocycles. The van der Waals surface area contributed by atoms with Crippen LogP contribution in [0.2, 0.25) is 10.0 Å². The van der Waals surface area contributed by atoms with Gasteiger partial charge in [-0.25, -0.2) is 9.78 Å². The van der Waals surface area contributed by atoms with E-state index < -0.39 is 5.63 Å². The molecule has 0 bridgehead atoms. The number of halogens is 3. The molecule has 5 nitrogen and oxygen atoms in total. The van der Waals surface area contributed by atoms with Crippen molar-refractivity contribution < 1.29 is 4.42 Å². The summed E-state index contributed by atoms with van der Waals surface area (Å²) in [6.07, 6.45) is 1.50. The quantitative estimate of drug-likeness (QED) is 0.233. The lowest BCUT2D eigenvalue weighted by atomic mass is 10.1. The predicted octanol–water partition coefficient (Wildman–Crippen LogP) is 6.96. The molecule has 0 radical (unpaired) electrons. The maximum atomic E-state index is 12.4. The minimum atomic E-state index is -0.493. The SMILES string of the molecule is N#C/C(=C/Nc1cccc(Cl)c1Cl)c1nc(-c2cc3cc(Br)ccc3oc2=O)cs1. The van der Waals surface area contributed by atoms with Crippen LogP contribution in [0.5, 0.6) is 0 Å². The number of aromatic nitrogens is 1. The van der Waals surface area contributed by atoms with Gasteiger partial charge in [-0.2, -0.15) is 5.26 Å². The molecule has 148 valence electrons. The van der Waals surface area contributed by atoms with Gasteiger partial charge in [0.1, 0.15) is 22.2 Å². The van der Waals surface area contributed by atoms with E-state index in [4.69, 9.17) is 27.6 Å². The van der Waals surface area contributed by atoms with Gasteiger partial charge in [0, 0.05) is 21.4 Å². The van der Waals surface area contributed by atoms with Crippen molar-refractivity contribution >= 4 is 72.7 Å². The Morgan fingerprint density at radius 2 is 2.10 bits per heavy atom. The van der Waals surface area contributed by atoms with E-state index in [1.807, 2.05) is 6.07 Å². The van der Waals surface area contributed by atoms with Crippen molar-refractivity contribution in [3.63, 3.8) is 0 Å². The number of nitriles is 1. The van der Waals surface area contributed by atoms with Crippen molar-refractivity contribution in [3.05, 3.63) is 84.0 Å². The molecule has 2 aromatic heterocycles. The van der Waals surface area contributed by atoms with Crippen LogP contribution < -0.4 is 10.9 Å². The maximum absolute atomic E-state index is 12.4. The van der Waals surface area contributed by atoms with Crippen LogP contribution in [0.3, 0.4) is 0 Å². The van der Waals surface area contributed by atoms with Crippen molar-refractivity contribution in [3.8, 4) is 17.3 Å². The second-order valence-electron chi connectivity index (χ2n) is 6.08. The van der Waals surface area contributed by atoms with Crippen molar-refractivity contribution in [1.29, 1.82) is 5.26 Å². The molecule has 0 saturated heterocycles. The summed E-state index contributed by atoms with van der Waals surface area (Å²) in [5.74, 6) is 0. The molecule has 30 heavy (non-hydrogen) atoms. The normalized spacial score (nSPS) is 11.5. The summed E-state index contributed by atoms with van der Waals surface area (Å²) in [6, 6.07) is 14.4. The fraction of sp³-hybridized carbons (Fsp3) is 0. The Balaban J connectivity index is 1.68. The van der Waals surface area contributed by atoms with Gasteiger partial charge >= 0.3 is 5.63 Å². The third kappa shape index (κ3) is 4.13. The van der Waals surface area contributed by atoms with E-state index in [-0.39, 0.29) is 5.57 Å². The molecular weight excluding hydrogens is 509 g/mol. The van der Waals surface area contributed by atoms with Gasteiger partial charge in [-0.05, 0) is 36.4 Å². The summed E-state index contributed by atoms with van der Waals surface area (Å²) < 4.78 is 6.27. The van der Waals surface area contributed by atoms with Crippen LogP contribution in [-0.2, 0) is 0 Å². The number of nitrogens with zero attached hydrogens (tertiary/aromatic N) is 2. The molecule has 0 spiro atoms. The van der Waals surface area contributed by atoms with Gasteiger partial charge in [0.2, 0.25) is 0 Å². The van der Waals surface area contributed by atoms with E-state index in [9.17, 15) is 10.1 Å². The number of thiazole rings is 1. The number of allylic oxidation sites excluding steroid dienone is 1. The van der Waals surface area contributed by atoms with Gasteiger partial charge < -0.3 is 9.73 Å². The first-order valence-corrected chi connectivity index (χ1v) is 10.9. The lowest BCUT2D eigenvalue weighted by molar-refractivity contribution is 0.563. The van der Waals surface area contributed by atoms with Crippen LogP contribution in [0, 0.1) is 11.3 Å². The van der Waals surface area contributed by atoms with E-state index in [1.165, 1.54) is 17.5 Å². The first-order chi connectivity index (χ1) is 14.5. The minimum absolute atomic E-state index is 0.287. The monoisotopic (exact) mass is 517 g/mol. The van der Waals surface area contributed by atoms with Gasteiger partial charge in [-0.15, -0.1) is 11.3 Å². The molecule has 9 heteroatoms. The van der Waals surface area contributed by atoms with E-state index in [0.717, 1.165) is 9.86 Å². The second kappa shape index (κ2) is 8.62. The fourth-order valence-electron chi connectivity index (χ4n) is 2.70. The largest absolute Gasteiger partial charge is 0.422 e. The molecule has 4 rings (SSSR count). The highest BCUT2D eigenvalue weighted by atomic mass is 79.9. The van der Waals surface area contributed by atoms with Gasteiger partial charge in [0.15, 0.2) is 0 Å². The summed E-state index contributed by atoms with van der Waals surface area (Å²) in [4.78, 5) is 16.9. The molecule has 0 fully saturated rings. The van der Waals surface area contributed by atoms with Crippen LogP contribution >= 0.6 is 50.5 Å². The topological polar surface area (TPSA) is 78.9 Å². The van der Waals surface area contributed by atoms with E-state index >= 15 is 0 Å². The maximum Gasteiger partial charge on any atom is 0.345 e. The molecular formula is C21H10BrCl2N3O2S. The molecule has 0 aliphatic carbocycles. The summed E-state index contributed by atoms with van der Waals surface area (Å²) in [6.45, 7) is 0. The van der Waals surface area contributed by atoms with E-state index in [2.05, 4.69) is 32.3 Å². The summed E-state index contributed by atoms with van der Waals surface area (Å²) in [5.41, 5.74) is 1.61. The van der Waals surface area contributed by atoms with Crippen LogP contribution in [0.15, 0.2) is 67.7 Å². The van der Waals surface area contributed by atoms with Crippen molar-refractivity contribution in [2.75, 3.05) is 5.32 Å².